The summed E-state index contributed by atoms with van der Waals surface area (Å²) in [4.78, 5) is 12.5. The molecule has 0 aliphatic carbocycles. The minimum atomic E-state index is -0.453. The Morgan fingerprint density at radius 3 is 2.94 bits per heavy atom. The molecule has 1 aromatic carbocycles. The summed E-state index contributed by atoms with van der Waals surface area (Å²) in [6.45, 7) is 1.88. The fourth-order valence-electron chi connectivity index (χ4n) is 2.35. The molecule has 0 bridgehead atoms. The van der Waals surface area contributed by atoms with Crippen LogP contribution in [0.1, 0.15) is 12.8 Å². The molecule has 1 fully saturated rings. The van der Waals surface area contributed by atoms with Gasteiger partial charge in [-0.3, -0.25) is 10.1 Å². The van der Waals surface area contributed by atoms with Gasteiger partial charge >= 0.3 is 0 Å². The van der Waals surface area contributed by atoms with Crippen molar-refractivity contribution in [1.82, 2.24) is 5.32 Å². The van der Waals surface area contributed by atoms with Crippen molar-refractivity contribution in [2.75, 3.05) is 30.8 Å². The third-order valence-corrected chi connectivity index (χ3v) is 3.40. The molecule has 1 aromatic rings. The predicted octanol–water partition coefficient (Wildman–Crippen LogP) is 1.37. The van der Waals surface area contributed by atoms with E-state index in [9.17, 15) is 10.1 Å². The van der Waals surface area contributed by atoms with E-state index < -0.39 is 4.92 Å². The lowest BCUT2D eigenvalue weighted by Crippen LogP contribution is -2.44. The van der Waals surface area contributed by atoms with Crippen molar-refractivity contribution in [2.24, 2.45) is 0 Å². The van der Waals surface area contributed by atoms with E-state index in [0.717, 1.165) is 31.6 Å². The molecule has 18 heavy (non-hydrogen) atoms. The number of piperidine rings is 1. The highest BCUT2D eigenvalue weighted by Crippen LogP contribution is 2.28. The summed E-state index contributed by atoms with van der Waals surface area (Å²) in [6.07, 6.45) is 2.28. The molecule has 0 radical (unpaired) electrons. The highest BCUT2D eigenvalue weighted by Gasteiger charge is 2.20. The Morgan fingerprint density at radius 2 is 2.33 bits per heavy atom. The molecule has 3 N–H and O–H groups in total. The maximum Gasteiger partial charge on any atom is 0.292 e. The number of nitro benzene ring substituents is 1. The lowest BCUT2D eigenvalue weighted by atomic mass is 10.0. The van der Waals surface area contributed by atoms with Gasteiger partial charge in [-0.1, -0.05) is 0 Å². The van der Waals surface area contributed by atoms with Gasteiger partial charge in [0.1, 0.15) is 5.69 Å². The fourth-order valence-corrected chi connectivity index (χ4v) is 2.35. The van der Waals surface area contributed by atoms with E-state index in [1.54, 1.807) is 12.1 Å². The van der Waals surface area contributed by atoms with Gasteiger partial charge in [0.2, 0.25) is 0 Å². The van der Waals surface area contributed by atoms with Crippen molar-refractivity contribution >= 4 is 17.1 Å². The molecular formula is C12H18N4O2. The first-order chi connectivity index (χ1) is 8.61. The van der Waals surface area contributed by atoms with Crippen LogP contribution in [-0.4, -0.2) is 31.1 Å². The quantitative estimate of drug-likeness (QED) is 0.481. The van der Waals surface area contributed by atoms with Crippen LogP contribution in [0.2, 0.25) is 0 Å². The monoisotopic (exact) mass is 250 g/mol. The fraction of sp³-hybridized carbons (Fsp3) is 0.500. The van der Waals surface area contributed by atoms with E-state index in [0.29, 0.717) is 6.04 Å². The number of benzene rings is 1. The maximum atomic E-state index is 10.7. The molecule has 6 heteroatoms. The summed E-state index contributed by atoms with van der Waals surface area (Å²) < 4.78 is 0. The van der Waals surface area contributed by atoms with Crippen molar-refractivity contribution in [2.45, 2.75) is 18.9 Å². The molecule has 1 atom stereocenters. The van der Waals surface area contributed by atoms with Gasteiger partial charge in [0, 0.05) is 30.9 Å². The third-order valence-electron chi connectivity index (χ3n) is 3.40. The van der Waals surface area contributed by atoms with Crippen molar-refractivity contribution in [3.8, 4) is 0 Å². The molecule has 1 aliphatic rings. The van der Waals surface area contributed by atoms with E-state index >= 15 is 0 Å². The topological polar surface area (TPSA) is 84.4 Å². The molecular weight excluding hydrogens is 232 g/mol. The second kappa shape index (κ2) is 5.22. The molecule has 0 spiro atoms. The van der Waals surface area contributed by atoms with Crippen molar-refractivity contribution in [3.05, 3.63) is 28.3 Å². The van der Waals surface area contributed by atoms with Crippen LogP contribution < -0.4 is 16.0 Å². The van der Waals surface area contributed by atoms with Gasteiger partial charge in [-0.25, -0.2) is 0 Å². The predicted molar refractivity (Wildman–Crippen MR) is 71.8 cm³/mol. The summed E-state index contributed by atoms with van der Waals surface area (Å²) in [5.41, 5.74) is 6.87. The molecule has 1 aliphatic heterocycles. The number of nitro groups is 1. The number of anilines is 2. The van der Waals surface area contributed by atoms with Crippen LogP contribution in [0.3, 0.4) is 0 Å². The van der Waals surface area contributed by atoms with E-state index in [4.69, 9.17) is 5.73 Å². The largest absolute Gasteiger partial charge is 0.393 e. The number of likely N-dealkylation sites (N-methyl/N-ethyl adjacent to an activating group) is 1. The van der Waals surface area contributed by atoms with Crippen LogP contribution in [-0.2, 0) is 0 Å². The average Bonchev–Trinajstić information content (AvgIpc) is 2.38. The van der Waals surface area contributed by atoms with Crippen LogP contribution in [0.5, 0.6) is 0 Å². The molecule has 1 unspecified atom stereocenters. The van der Waals surface area contributed by atoms with Gasteiger partial charge in [-0.2, -0.15) is 0 Å². The SMILES string of the molecule is CNC1CCCN(c2ccc([N+](=O)[O-])c(N)c2)C1. The highest BCUT2D eigenvalue weighted by atomic mass is 16.6. The van der Waals surface area contributed by atoms with Crippen molar-refractivity contribution in [1.29, 1.82) is 0 Å². The number of rotatable bonds is 3. The lowest BCUT2D eigenvalue weighted by Gasteiger charge is -2.34. The minimum Gasteiger partial charge on any atom is -0.393 e. The number of hydrogen-bond acceptors (Lipinski definition) is 5. The second-order valence-corrected chi connectivity index (χ2v) is 4.57. The molecule has 0 saturated carbocycles. The molecule has 1 heterocycles. The van der Waals surface area contributed by atoms with E-state index in [1.165, 1.54) is 6.07 Å². The molecule has 6 nitrogen and oxygen atoms in total. The first-order valence-electron chi connectivity index (χ1n) is 6.08. The Kier molecular flexibility index (Phi) is 3.66. The normalized spacial score (nSPS) is 19.8. The van der Waals surface area contributed by atoms with Crippen molar-refractivity contribution in [3.63, 3.8) is 0 Å². The zero-order chi connectivity index (χ0) is 13.1. The number of nitrogens with zero attached hydrogens (tertiary/aromatic N) is 2. The zero-order valence-corrected chi connectivity index (χ0v) is 10.4. The van der Waals surface area contributed by atoms with Crippen LogP contribution in [0, 0.1) is 10.1 Å². The summed E-state index contributed by atoms with van der Waals surface area (Å²) in [7, 11) is 1.96. The summed E-state index contributed by atoms with van der Waals surface area (Å²) >= 11 is 0. The number of nitrogens with one attached hydrogen (secondary N) is 1. The highest BCUT2D eigenvalue weighted by molar-refractivity contribution is 5.66. The third kappa shape index (κ3) is 2.53. The first-order valence-corrected chi connectivity index (χ1v) is 6.08. The molecule has 1 saturated heterocycles. The zero-order valence-electron chi connectivity index (χ0n) is 10.4. The van der Waals surface area contributed by atoms with Gasteiger partial charge in [-0.05, 0) is 32.0 Å². The Hall–Kier alpha value is -1.82. The van der Waals surface area contributed by atoms with Gasteiger partial charge in [0.15, 0.2) is 0 Å². The lowest BCUT2D eigenvalue weighted by molar-refractivity contribution is -0.383. The van der Waals surface area contributed by atoms with Crippen LogP contribution in [0.15, 0.2) is 18.2 Å². The summed E-state index contributed by atoms with van der Waals surface area (Å²) in [6, 6.07) is 5.41. The van der Waals surface area contributed by atoms with Crippen LogP contribution >= 0.6 is 0 Å². The molecule has 98 valence electrons. The van der Waals surface area contributed by atoms with Gasteiger partial charge in [-0.15, -0.1) is 0 Å². The Bertz CT molecular complexity index is 450. The Morgan fingerprint density at radius 1 is 1.56 bits per heavy atom. The van der Waals surface area contributed by atoms with E-state index in [1.807, 2.05) is 7.05 Å². The second-order valence-electron chi connectivity index (χ2n) is 4.57. The Labute approximate surface area is 106 Å². The minimum absolute atomic E-state index is 0.0269. The molecule has 0 aromatic heterocycles. The first kappa shape index (κ1) is 12.6. The van der Waals surface area contributed by atoms with Crippen LogP contribution in [0.25, 0.3) is 0 Å². The van der Waals surface area contributed by atoms with Crippen molar-refractivity contribution < 1.29 is 4.92 Å². The van der Waals surface area contributed by atoms with Gasteiger partial charge in [0.25, 0.3) is 5.69 Å². The molecule has 2 rings (SSSR count). The molecule has 0 amide bonds. The number of nitrogen functional groups attached to an aromatic ring is 1. The smallest absolute Gasteiger partial charge is 0.292 e. The van der Waals surface area contributed by atoms with Crippen LogP contribution in [0.4, 0.5) is 17.1 Å². The number of nitrogens with two attached hydrogens (primary N) is 1. The number of hydrogen-bond donors (Lipinski definition) is 2. The van der Waals surface area contributed by atoms with Gasteiger partial charge in [0.05, 0.1) is 4.92 Å². The maximum absolute atomic E-state index is 10.7. The van der Waals surface area contributed by atoms with E-state index in [-0.39, 0.29) is 11.4 Å². The standard InChI is InChI=1S/C12H18N4O2/c1-14-9-3-2-6-15(8-9)10-4-5-12(16(17)18)11(13)7-10/h4-5,7,9,14H,2-3,6,8,13H2,1H3. The Balaban J connectivity index is 2.18. The summed E-state index contributed by atoms with van der Waals surface area (Å²) in [5, 5.41) is 14.0. The van der Waals surface area contributed by atoms with E-state index in [2.05, 4.69) is 10.2 Å². The van der Waals surface area contributed by atoms with Gasteiger partial charge < -0.3 is 16.0 Å². The average molecular weight is 250 g/mol. The summed E-state index contributed by atoms with van der Waals surface area (Å²) in [5.74, 6) is 0.